The maximum absolute atomic E-state index is 12.6. The first-order valence-electron chi connectivity index (χ1n) is 8.84. The van der Waals surface area contributed by atoms with Crippen molar-refractivity contribution in [2.24, 2.45) is 0 Å². The van der Waals surface area contributed by atoms with Crippen LogP contribution >= 0.6 is 0 Å². The first-order valence-corrected chi connectivity index (χ1v) is 8.84. The number of likely N-dealkylation sites (tertiary alicyclic amines) is 1. The van der Waals surface area contributed by atoms with E-state index in [9.17, 15) is 20.2 Å². The Morgan fingerprint density at radius 1 is 1.11 bits per heavy atom. The molecular weight excluding hydrogens is 346 g/mol. The zero-order valence-corrected chi connectivity index (χ0v) is 14.8. The summed E-state index contributed by atoms with van der Waals surface area (Å²) in [7, 11) is 0. The average Bonchev–Trinajstić information content (AvgIpc) is 2.98. The number of benzene rings is 1. The fourth-order valence-electron chi connectivity index (χ4n) is 3.06. The normalized spacial score (nSPS) is 15.1. The average molecular weight is 365 g/mol. The lowest BCUT2D eigenvalue weighted by Gasteiger charge is -2.19. The molecule has 1 aromatic heterocycles. The van der Waals surface area contributed by atoms with Gasteiger partial charge in [0.15, 0.2) is 0 Å². The number of nitro groups is 1. The van der Waals surface area contributed by atoms with E-state index in [4.69, 9.17) is 4.42 Å². The summed E-state index contributed by atoms with van der Waals surface area (Å²) in [5.41, 5.74) is 0.722. The number of nitro benzene ring substituents is 1. The molecule has 0 atom stereocenters. The van der Waals surface area contributed by atoms with E-state index in [-0.39, 0.29) is 17.2 Å². The lowest BCUT2D eigenvalue weighted by atomic mass is 10.1. The number of rotatable bonds is 4. The van der Waals surface area contributed by atoms with Gasteiger partial charge in [-0.05, 0) is 37.1 Å². The molecule has 0 N–H and O–H groups in total. The molecule has 1 saturated heterocycles. The van der Waals surface area contributed by atoms with Crippen molar-refractivity contribution in [2.75, 3.05) is 13.1 Å². The summed E-state index contributed by atoms with van der Waals surface area (Å²) in [5.74, 6) is 0.631. The number of carbonyl (C=O) groups excluding carboxylic acids is 1. The van der Waals surface area contributed by atoms with Crippen LogP contribution in [0.4, 0.5) is 5.69 Å². The molecule has 1 aromatic carbocycles. The number of amides is 1. The summed E-state index contributed by atoms with van der Waals surface area (Å²) in [6.07, 6.45) is 5.56. The van der Waals surface area contributed by atoms with E-state index in [2.05, 4.69) is 0 Å². The molecule has 0 unspecified atom stereocenters. The van der Waals surface area contributed by atoms with E-state index >= 15 is 0 Å². The molecule has 138 valence electrons. The van der Waals surface area contributed by atoms with Gasteiger partial charge in [-0.1, -0.05) is 12.8 Å². The van der Waals surface area contributed by atoms with Crippen molar-refractivity contribution in [1.82, 2.24) is 4.90 Å². The SMILES string of the molecule is N#CC(=Cc1ccc(-c2ccc([N+](=O)[O-])cc2)o1)C(=O)N1CCCCCC1. The molecule has 1 fully saturated rings. The van der Waals surface area contributed by atoms with Gasteiger partial charge < -0.3 is 9.32 Å². The minimum absolute atomic E-state index is 0.000221. The molecule has 7 nitrogen and oxygen atoms in total. The molecule has 2 heterocycles. The molecule has 0 spiro atoms. The van der Waals surface area contributed by atoms with Crippen LogP contribution < -0.4 is 0 Å². The second-order valence-electron chi connectivity index (χ2n) is 6.38. The van der Waals surface area contributed by atoms with Crippen LogP contribution in [0.1, 0.15) is 31.4 Å². The number of carbonyl (C=O) groups is 1. The van der Waals surface area contributed by atoms with Crippen LogP contribution in [0.5, 0.6) is 0 Å². The lowest BCUT2D eigenvalue weighted by molar-refractivity contribution is -0.384. The molecule has 1 aliphatic heterocycles. The van der Waals surface area contributed by atoms with Crippen LogP contribution in [0.3, 0.4) is 0 Å². The van der Waals surface area contributed by atoms with Crippen molar-refractivity contribution >= 4 is 17.7 Å². The van der Waals surface area contributed by atoms with Gasteiger partial charge in [0, 0.05) is 36.9 Å². The molecule has 7 heteroatoms. The monoisotopic (exact) mass is 365 g/mol. The molecule has 0 radical (unpaired) electrons. The predicted molar refractivity (Wildman–Crippen MR) is 99.4 cm³/mol. The Labute approximate surface area is 156 Å². The Bertz CT molecular complexity index is 898. The number of nitrogens with zero attached hydrogens (tertiary/aromatic N) is 3. The molecule has 27 heavy (non-hydrogen) atoms. The Balaban J connectivity index is 1.78. The van der Waals surface area contributed by atoms with Gasteiger partial charge in [-0.15, -0.1) is 0 Å². The maximum Gasteiger partial charge on any atom is 0.269 e. The number of non-ortho nitro benzene ring substituents is 1. The highest BCUT2D eigenvalue weighted by atomic mass is 16.6. The molecule has 1 amide bonds. The Kier molecular flexibility index (Phi) is 5.67. The van der Waals surface area contributed by atoms with Crippen LogP contribution in [0.15, 0.2) is 46.4 Å². The van der Waals surface area contributed by atoms with Gasteiger partial charge in [0.05, 0.1) is 4.92 Å². The second-order valence-corrected chi connectivity index (χ2v) is 6.38. The summed E-state index contributed by atoms with van der Waals surface area (Å²) < 4.78 is 5.70. The summed E-state index contributed by atoms with van der Waals surface area (Å²) in [5, 5.41) is 20.1. The fourth-order valence-corrected chi connectivity index (χ4v) is 3.06. The maximum atomic E-state index is 12.6. The molecule has 0 aliphatic carbocycles. The van der Waals surface area contributed by atoms with Crippen molar-refractivity contribution in [1.29, 1.82) is 5.26 Å². The van der Waals surface area contributed by atoms with Gasteiger partial charge in [0.25, 0.3) is 11.6 Å². The third kappa shape index (κ3) is 4.42. The van der Waals surface area contributed by atoms with Crippen LogP contribution in [0, 0.1) is 21.4 Å². The number of nitriles is 1. The van der Waals surface area contributed by atoms with E-state index in [1.54, 1.807) is 29.2 Å². The highest BCUT2D eigenvalue weighted by Gasteiger charge is 2.20. The topological polar surface area (TPSA) is 100 Å². The van der Waals surface area contributed by atoms with Gasteiger partial charge in [0.2, 0.25) is 0 Å². The van der Waals surface area contributed by atoms with Gasteiger partial charge >= 0.3 is 0 Å². The summed E-state index contributed by atoms with van der Waals surface area (Å²) >= 11 is 0. The fraction of sp³-hybridized carbons (Fsp3) is 0.300. The standard InChI is InChI=1S/C20H19N3O4/c21-14-16(20(24)22-11-3-1-2-4-12-22)13-18-9-10-19(27-18)15-5-7-17(8-6-15)23(25)26/h5-10,13H,1-4,11-12H2. The zero-order valence-electron chi connectivity index (χ0n) is 14.8. The van der Waals surface area contributed by atoms with Crippen LogP contribution in [-0.4, -0.2) is 28.8 Å². The third-order valence-electron chi connectivity index (χ3n) is 4.52. The highest BCUT2D eigenvalue weighted by molar-refractivity contribution is 6.01. The molecule has 0 bridgehead atoms. The largest absolute Gasteiger partial charge is 0.457 e. The van der Waals surface area contributed by atoms with E-state index < -0.39 is 4.92 Å². The number of hydrogen-bond acceptors (Lipinski definition) is 5. The summed E-state index contributed by atoms with van der Waals surface area (Å²) in [6, 6.07) is 11.3. The number of furan rings is 1. The summed E-state index contributed by atoms with van der Waals surface area (Å²) in [4.78, 5) is 24.6. The van der Waals surface area contributed by atoms with Crippen LogP contribution in [-0.2, 0) is 4.79 Å². The molecule has 3 rings (SSSR count). The highest BCUT2D eigenvalue weighted by Crippen LogP contribution is 2.25. The number of hydrogen-bond donors (Lipinski definition) is 0. The van der Waals surface area contributed by atoms with Gasteiger partial charge in [-0.2, -0.15) is 5.26 Å². The smallest absolute Gasteiger partial charge is 0.269 e. The second kappa shape index (κ2) is 8.32. The minimum Gasteiger partial charge on any atom is -0.457 e. The van der Waals surface area contributed by atoms with Crippen molar-refractivity contribution < 1.29 is 14.1 Å². The van der Waals surface area contributed by atoms with E-state index in [0.717, 1.165) is 25.7 Å². The first-order chi connectivity index (χ1) is 13.1. The first kappa shape index (κ1) is 18.4. The quantitative estimate of drug-likeness (QED) is 0.350. The molecule has 2 aromatic rings. The van der Waals surface area contributed by atoms with Crippen molar-refractivity contribution in [3.05, 3.63) is 57.8 Å². The Morgan fingerprint density at radius 3 is 2.37 bits per heavy atom. The molecular formula is C20H19N3O4. The van der Waals surface area contributed by atoms with Crippen molar-refractivity contribution in [3.8, 4) is 17.4 Å². The van der Waals surface area contributed by atoms with Gasteiger partial charge in [-0.25, -0.2) is 0 Å². The minimum atomic E-state index is -0.465. The van der Waals surface area contributed by atoms with Crippen molar-refractivity contribution in [2.45, 2.75) is 25.7 Å². The predicted octanol–water partition coefficient (Wildman–Crippen LogP) is 4.16. The van der Waals surface area contributed by atoms with Crippen molar-refractivity contribution in [3.63, 3.8) is 0 Å². The van der Waals surface area contributed by atoms with Crippen LogP contribution in [0.25, 0.3) is 17.4 Å². The lowest BCUT2D eigenvalue weighted by Crippen LogP contribution is -2.32. The molecule has 1 aliphatic rings. The Morgan fingerprint density at radius 2 is 1.78 bits per heavy atom. The van der Waals surface area contributed by atoms with E-state index in [1.807, 2.05) is 6.07 Å². The molecule has 0 saturated carbocycles. The van der Waals surface area contributed by atoms with Crippen LogP contribution in [0.2, 0.25) is 0 Å². The zero-order chi connectivity index (χ0) is 19.2. The summed E-state index contributed by atoms with van der Waals surface area (Å²) in [6.45, 7) is 1.34. The van der Waals surface area contributed by atoms with E-state index in [1.165, 1.54) is 18.2 Å². The van der Waals surface area contributed by atoms with E-state index in [0.29, 0.717) is 30.2 Å². The third-order valence-corrected chi connectivity index (χ3v) is 4.52. The van der Waals surface area contributed by atoms with Gasteiger partial charge in [0.1, 0.15) is 23.2 Å². The Hall–Kier alpha value is -3.40. The van der Waals surface area contributed by atoms with Gasteiger partial charge in [-0.3, -0.25) is 14.9 Å².